The fourth-order valence-electron chi connectivity index (χ4n) is 1.25. The van der Waals surface area contributed by atoms with Crippen molar-refractivity contribution >= 4 is 15.9 Å². The van der Waals surface area contributed by atoms with E-state index >= 15 is 0 Å². The van der Waals surface area contributed by atoms with Crippen molar-refractivity contribution in [2.24, 2.45) is 5.73 Å². The largest absolute Gasteiger partial charge is 0.330 e. The first-order valence-corrected chi connectivity index (χ1v) is 5.05. The van der Waals surface area contributed by atoms with Crippen LogP contribution in [0.1, 0.15) is 18.1 Å². The second kappa shape index (κ2) is 4.63. The van der Waals surface area contributed by atoms with Crippen molar-refractivity contribution in [1.29, 1.82) is 0 Å². The third-order valence-electron chi connectivity index (χ3n) is 1.95. The summed E-state index contributed by atoms with van der Waals surface area (Å²) in [6.07, 6.45) is 2.02. The lowest BCUT2D eigenvalue weighted by molar-refractivity contribution is 0.954. The second-order valence-electron chi connectivity index (χ2n) is 2.78. The predicted molar refractivity (Wildman–Crippen MR) is 56.3 cm³/mol. The molecule has 1 aromatic carbocycles. The highest BCUT2D eigenvalue weighted by Crippen LogP contribution is 2.22. The van der Waals surface area contributed by atoms with Gasteiger partial charge in [0.2, 0.25) is 0 Å². The van der Waals surface area contributed by atoms with Crippen LogP contribution in [-0.4, -0.2) is 6.54 Å². The zero-order valence-corrected chi connectivity index (χ0v) is 8.89. The Bertz CT molecular complexity index is 258. The molecule has 12 heavy (non-hydrogen) atoms. The van der Waals surface area contributed by atoms with Crippen molar-refractivity contribution in [1.82, 2.24) is 0 Å². The lowest BCUT2D eigenvalue weighted by Crippen LogP contribution is -2.03. The molecule has 0 spiro atoms. The van der Waals surface area contributed by atoms with Gasteiger partial charge in [0.25, 0.3) is 0 Å². The molecule has 0 radical (unpaired) electrons. The van der Waals surface area contributed by atoms with Crippen LogP contribution in [0.4, 0.5) is 0 Å². The molecule has 0 atom stereocenters. The van der Waals surface area contributed by atoms with Crippen LogP contribution in [0.2, 0.25) is 0 Å². The highest BCUT2D eigenvalue weighted by molar-refractivity contribution is 9.10. The van der Waals surface area contributed by atoms with E-state index in [2.05, 4.69) is 41.1 Å². The van der Waals surface area contributed by atoms with E-state index in [0.29, 0.717) is 6.54 Å². The smallest absolute Gasteiger partial charge is 0.0239 e. The summed E-state index contributed by atoms with van der Waals surface area (Å²) in [5.74, 6) is 0. The van der Waals surface area contributed by atoms with Gasteiger partial charge in [0, 0.05) is 4.47 Å². The Morgan fingerprint density at radius 3 is 2.58 bits per heavy atom. The monoisotopic (exact) mass is 227 g/mol. The van der Waals surface area contributed by atoms with Crippen molar-refractivity contribution in [2.45, 2.75) is 19.8 Å². The molecular formula is C10H14BrN. The van der Waals surface area contributed by atoms with Crippen LogP contribution < -0.4 is 5.73 Å². The second-order valence-corrected chi connectivity index (χ2v) is 3.58. The van der Waals surface area contributed by atoms with Crippen LogP contribution in [0.3, 0.4) is 0 Å². The summed E-state index contributed by atoms with van der Waals surface area (Å²) in [4.78, 5) is 0. The lowest BCUT2D eigenvalue weighted by atomic mass is 10.1. The number of rotatable bonds is 3. The molecule has 0 aliphatic heterocycles. The molecule has 66 valence electrons. The van der Waals surface area contributed by atoms with Crippen LogP contribution in [0.15, 0.2) is 22.7 Å². The molecule has 1 rings (SSSR count). The molecule has 2 heteroatoms. The molecule has 0 saturated heterocycles. The van der Waals surface area contributed by atoms with Gasteiger partial charge in [0.1, 0.15) is 0 Å². The summed E-state index contributed by atoms with van der Waals surface area (Å²) < 4.78 is 1.23. The molecule has 0 amide bonds. The van der Waals surface area contributed by atoms with E-state index in [1.165, 1.54) is 15.6 Å². The zero-order valence-electron chi connectivity index (χ0n) is 7.31. The van der Waals surface area contributed by atoms with Gasteiger partial charge in [0.15, 0.2) is 0 Å². The van der Waals surface area contributed by atoms with Crippen molar-refractivity contribution in [3.63, 3.8) is 0 Å². The Hall–Kier alpha value is -0.340. The SMILES string of the molecule is CCc1cccc(CCN)c1Br. The lowest BCUT2D eigenvalue weighted by Gasteiger charge is -2.06. The molecule has 0 aliphatic carbocycles. The van der Waals surface area contributed by atoms with Crippen LogP contribution in [0.5, 0.6) is 0 Å². The maximum atomic E-state index is 5.50. The average Bonchev–Trinajstić information content (AvgIpc) is 2.09. The maximum absolute atomic E-state index is 5.50. The van der Waals surface area contributed by atoms with Crippen molar-refractivity contribution in [3.8, 4) is 0 Å². The van der Waals surface area contributed by atoms with E-state index in [1.54, 1.807) is 0 Å². The first-order chi connectivity index (χ1) is 5.79. The Labute approximate surface area is 82.1 Å². The fraction of sp³-hybridized carbons (Fsp3) is 0.400. The molecule has 2 N–H and O–H groups in total. The van der Waals surface area contributed by atoms with Crippen molar-refractivity contribution in [3.05, 3.63) is 33.8 Å². The van der Waals surface area contributed by atoms with Crippen LogP contribution >= 0.6 is 15.9 Å². The Kier molecular flexibility index (Phi) is 3.76. The minimum absolute atomic E-state index is 0.714. The van der Waals surface area contributed by atoms with Gasteiger partial charge >= 0.3 is 0 Å². The number of hydrogen-bond donors (Lipinski definition) is 1. The predicted octanol–water partition coefficient (Wildman–Crippen LogP) is 2.51. The summed E-state index contributed by atoms with van der Waals surface area (Å²) in [7, 11) is 0. The topological polar surface area (TPSA) is 26.0 Å². The zero-order chi connectivity index (χ0) is 8.97. The normalized spacial score (nSPS) is 10.2. The molecule has 0 fully saturated rings. The first-order valence-electron chi connectivity index (χ1n) is 4.26. The van der Waals surface area contributed by atoms with E-state index in [9.17, 15) is 0 Å². The third kappa shape index (κ3) is 2.08. The number of hydrogen-bond acceptors (Lipinski definition) is 1. The summed E-state index contributed by atoms with van der Waals surface area (Å²) in [5, 5.41) is 0. The standard InChI is InChI=1S/C10H14BrN/c1-2-8-4-3-5-9(6-7-12)10(8)11/h3-5H,2,6-7,12H2,1H3. The molecule has 0 unspecified atom stereocenters. The number of nitrogens with two attached hydrogens (primary N) is 1. The fourth-order valence-corrected chi connectivity index (χ4v) is 2.00. The van der Waals surface area contributed by atoms with Crippen LogP contribution in [0.25, 0.3) is 0 Å². The minimum atomic E-state index is 0.714. The molecule has 0 aliphatic rings. The number of benzene rings is 1. The number of aryl methyl sites for hydroxylation is 1. The first kappa shape index (κ1) is 9.75. The highest BCUT2D eigenvalue weighted by Gasteiger charge is 2.02. The van der Waals surface area contributed by atoms with E-state index < -0.39 is 0 Å². The summed E-state index contributed by atoms with van der Waals surface area (Å²) in [6, 6.07) is 6.36. The van der Waals surface area contributed by atoms with Crippen molar-refractivity contribution in [2.75, 3.05) is 6.54 Å². The van der Waals surface area contributed by atoms with Gasteiger partial charge in [0.05, 0.1) is 0 Å². The van der Waals surface area contributed by atoms with Gasteiger partial charge in [-0.15, -0.1) is 0 Å². The van der Waals surface area contributed by atoms with E-state index in [4.69, 9.17) is 5.73 Å². The van der Waals surface area contributed by atoms with Gasteiger partial charge < -0.3 is 5.73 Å². The highest BCUT2D eigenvalue weighted by atomic mass is 79.9. The van der Waals surface area contributed by atoms with Gasteiger partial charge in [-0.05, 0) is 30.5 Å². The summed E-state index contributed by atoms with van der Waals surface area (Å²) in [6.45, 7) is 2.87. The van der Waals surface area contributed by atoms with E-state index in [-0.39, 0.29) is 0 Å². The Morgan fingerprint density at radius 1 is 1.33 bits per heavy atom. The van der Waals surface area contributed by atoms with E-state index in [0.717, 1.165) is 12.8 Å². The minimum Gasteiger partial charge on any atom is -0.330 e. The average molecular weight is 228 g/mol. The molecule has 1 nitrogen and oxygen atoms in total. The van der Waals surface area contributed by atoms with Gasteiger partial charge in [-0.3, -0.25) is 0 Å². The van der Waals surface area contributed by atoms with Crippen molar-refractivity contribution < 1.29 is 0 Å². The van der Waals surface area contributed by atoms with Crippen LogP contribution in [-0.2, 0) is 12.8 Å². The molecule has 0 aromatic heterocycles. The number of halogens is 1. The van der Waals surface area contributed by atoms with Gasteiger partial charge in [-0.1, -0.05) is 41.1 Å². The van der Waals surface area contributed by atoms with E-state index in [1.807, 2.05) is 0 Å². The molecule has 0 bridgehead atoms. The Morgan fingerprint density at radius 2 is 2.00 bits per heavy atom. The molecule has 0 saturated carbocycles. The van der Waals surface area contributed by atoms with Crippen LogP contribution in [0, 0.1) is 0 Å². The third-order valence-corrected chi connectivity index (χ3v) is 2.97. The molecular weight excluding hydrogens is 214 g/mol. The summed E-state index contributed by atoms with van der Waals surface area (Å²) >= 11 is 3.59. The molecule has 1 aromatic rings. The van der Waals surface area contributed by atoms with Gasteiger partial charge in [-0.2, -0.15) is 0 Å². The van der Waals surface area contributed by atoms with Gasteiger partial charge in [-0.25, -0.2) is 0 Å². The summed E-state index contributed by atoms with van der Waals surface area (Å²) in [5.41, 5.74) is 8.18. The maximum Gasteiger partial charge on any atom is 0.0239 e. The quantitative estimate of drug-likeness (QED) is 0.845. The molecule has 0 heterocycles. The Balaban J connectivity index is 2.97.